The summed E-state index contributed by atoms with van der Waals surface area (Å²) in [6.45, 7) is 4.19. The lowest BCUT2D eigenvalue weighted by Gasteiger charge is -2.32. The fourth-order valence-electron chi connectivity index (χ4n) is 3.82. The summed E-state index contributed by atoms with van der Waals surface area (Å²) in [5.74, 6) is 2.99. The number of nitrogens with zero attached hydrogens (tertiary/aromatic N) is 3. The van der Waals surface area contributed by atoms with Crippen LogP contribution < -0.4 is 10.2 Å². The van der Waals surface area contributed by atoms with Crippen molar-refractivity contribution in [1.29, 1.82) is 0 Å². The SMILES string of the molecule is O=C(C[C@@H]1COC[C@H]2CN(c3ncccn3)C[C@@H]12)NCC1CC1. The van der Waals surface area contributed by atoms with E-state index >= 15 is 0 Å². The molecule has 6 nitrogen and oxygen atoms in total. The summed E-state index contributed by atoms with van der Waals surface area (Å²) < 4.78 is 5.77. The molecule has 0 spiro atoms. The monoisotopic (exact) mass is 316 g/mol. The van der Waals surface area contributed by atoms with Crippen LogP contribution in [-0.4, -0.2) is 48.7 Å². The van der Waals surface area contributed by atoms with Gasteiger partial charge in [-0.15, -0.1) is 0 Å². The molecule has 124 valence electrons. The number of amides is 1. The van der Waals surface area contributed by atoms with Gasteiger partial charge in [-0.05, 0) is 36.7 Å². The molecular weight excluding hydrogens is 292 g/mol. The third-order valence-electron chi connectivity index (χ3n) is 5.33. The van der Waals surface area contributed by atoms with Crippen LogP contribution in [0.3, 0.4) is 0 Å². The van der Waals surface area contributed by atoms with Gasteiger partial charge in [0.25, 0.3) is 0 Å². The highest BCUT2D eigenvalue weighted by Gasteiger charge is 2.42. The molecule has 1 amide bonds. The van der Waals surface area contributed by atoms with Crippen LogP contribution in [0.25, 0.3) is 0 Å². The largest absolute Gasteiger partial charge is 0.381 e. The average Bonchev–Trinajstić information content (AvgIpc) is 3.30. The van der Waals surface area contributed by atoms with Gasteiger partial charge < -0.3 is 15.0 Å². The Kier molecular flexibility index (Phi) is 4.16. The fourth-order valence-corrected chi connectivity index (χ4v) is 3.82. The standard InChI is InChI=1S/C17H24N4O2/c22-16(20-7-12-2-3-12)6-13-10-23-11-14-8-21(9-15(13)14)17-18-4-1-5-19-17/h1,4-5,12-15H,2-3,6-11H2,(H,20,22)/t13-,14-,15+/m1/s1. The van der Waals surface area contributed by atoms with Gasteiger partial charge >= 0.3 is 0 Å². The van der Waals surface area contributed by atoms with Gasteiger partial charge in [0.2, 0.25) is 11.9 Å². The number of aromatic nitrogens is 2. The van der Waals surface area contributed by atoms with Crippen molar-refractivity contribution in [2.75, 3.05) is 37.7 Å². The second-order valence-electron chi connectivity index (χ2n) is 7.13. The summed E-state index contributed by atoms with van der Waals surface area (Å²) in [5, 5.41) is 3.08. The van der Waals surface area contributed by atoms with E-state index in [1.165, 1.54) is 12.8 Å². The van der Waals surface area contributed by atoms with E-state index in [0.717, 1.165) is 38.1 Å². The van der Waals surface area contributed by atoms with Crippen molar-refractivity contribution < 1.29 is 9.53 Å². The minimum atomic E-state index is 0.181. The number of anilines is 1. The maximum Gasteiger partial charge on any atom is 0.225 e. The normalized spacial score (nSPS) is 30.1. The number of hydrogen-bond donors (Lipinski definition) is 1. The van der Waals surface area contributed by atoms with Crippen LogP contribution in [0.15, 0.2) is 18.5 Å². The van der Waals surface area contributed by atoms with Gasteiger partial charge in [-0.25, -0.2) is 9.97 Å². The van der Waals surface area contributed by atoms with Crippen molar-refractivity contribution >= 4 is 11.9 Å². The number of nitrogens with one attached hydrogen (secondary N) is 1. The Morgan fingerprint density at radius 1 is 1.26 bits per heavy atom. The maximum absolute atomic E-state index is 12.2. The molecule has 1 N–H and O–H groups in total. The van der Waals surface area contributed by atoms with Crippen LogP contribution in [0.5, 0.6) is 0 Å². The van der Waals surface area contributed by atoms with Gasteiger partial charge in [0.15, 0.2) is 0 Å². The van der Waals surface area contributed by atoms with Crippen molar-refractivity contribution in [2.45, 2.75) is 19.3 Å². The summed E-state index contributed by atoms with van der Waals surface area (Å²) in [5.41, 5.74) is 0. The molecule has 2 aliphatic heterocycles. The first-order chi connectivity index (χ1) is 11.3. The summed E-state index contributed by atoms with van der Waals surface area (Å²) in [6.07, 6.45) is 6.68. The highest BCUT2D eigenvalue weighted by atomic mass is 16.5. The topological polar surface area (TPSA) is 67.3 Å². The van der Waals surface area contributed by atoms with Crippen molar-refractivity contribution in [1.82, 2.24) is 15.3 Å². The molecule has 1 aromatic heterocycles. The van der Waals surface area contributed by atoms with Crippen molar-refractivity contribution in [2.24, 2.45) is 23.7 Å². The molecule has 1 saturated carbocycles. The van der Waals surface area contributed by atoms with E-state index in [1.807, 2.05) is 6.07 Å². The van der Waals surface area contributed by atoms with Crippen LogP contribution in [0.2, 0.25) is 0 Å². The van der Waals surface area contributed by atoms with Gasteiger partial charge in [-0.1, -0.05) is 0 Å². The highest BCUT2D eigenvalue weighted by molar-refractivity contribution is 5.76. The fraction of sp³-hybridized carbons (Fsp3) is 0.706. The molecule has 3 heterocycles. The van der Waals surface area contributed by atoms with Gasteiger partial charge in [0.1, 0.15) is 0 Å². The average molecular weight is 316 g/mol. The van der Waals surface area contributed by atoms with Crippen LogP contribution in [0.4, 0.5) is 5.95 Å². The third kappa shape index (κ3) is 3.47. The summed E-state index contributed by atoms with van der Waals surface area (Å²) >= 11 is 0. The smallest absolute Gasteiger partial charge is 0.225 e. The van der Waals surface area contributed by atoms with Gasteiger partial charge in [-0.2, -0.15) is 0 Å². The predicted octanol–water partition coefficient (Wildman–Crippen LogP) is 1.09. The minimum Gasteiger partial charge on any atom is -0.381 e. The number of hydrogen-bond acceptors (Lipinski definition) is 5. The molecule has 0 bridgehead atoms. The zero-order valence-corrected chi connectivity index (χ0v) is 13.4. The lowest BCUT2D eigenvalue weighted by molar-refractivity contribution is -0.124. The number of carbonyl (C=O) groups is 1. The molecular formula is C17H24N4O2. The second-order valence-corrected chi connectivity index (χ2v) is 7.13. The summed E-state index contributed by atoms with van der Waals surface area (Å²) in [4.78, 5) is 23.1. The maximum atomic E-state index is 12.2. The molecule has 23 heavy (non-hydrogen) atoms. The molecule has 3 atom stereocenters. The van der Waals surface area contributed by atoms with E-state index in [9.17, 15) is 4.79 Å². The van der Waals surface area contributed by atoms with Crippen LogP contribution in [0, 0.1) is 23.7 Å². The zero-order valence-electron chi connectivity index (χ0n) is 13.4. The van der Waals surface area contributed by atoms with Gasteiger partial charge in [0, 0.05) is 44.4 Å². The molecule has 2 saturated heterocycles. The lowest BCUT2D eigenvalue weighted by Crippen LogP contribution is -2.38. The van der Waals surface area contributed by atoms with E-state index in [2.05, 4.69) is 20.2 Å². The molecule has 0 unspecified atom stereocenters. The predicted molar refractivity (Wildman–Crippen MR) is 85.9 cm³/mol. The Hall–Kier alpha value is -1.69. The molecule has 3 fully saturated rings. The Balaban J connectivity index is 1.36. The first kappa shape index (κ1) is 14.9. The van der Waals surface area contributed by atoms with Crippen LogP contribution in [-0.2, 0) is 9.53 Å². The van der Waals surface area contributed by atoms with Crippen LogP contribution in [0.1, 0.15) is 19.3 Å². The molecule has 0 radical (unpaired) electrons. The Bertz CT molecular complexity index is 549. The van der Waals surface area contributed by atoms with Crippen LogP contribution >= 0.6 is 0 Å². The summed E-state index contributed by atoms with van der Waals surface area (Å²) in [6, 6.07) is 1.84. The number of carbonyl (C=O) groups excluding carboxylic acids is 1. The summed E-state index contributed by atoms with van der Waals surface area (Å²) in [7, 11) is 0. The number of rotatable bonds is 5. The van der Waals surface area contributed by atoms with Crippen molar-refractivity contribution in [3.8, 4) is 0 Å². The van der Waals surface area contributed by atoms with E-state index in [1.54, 1.807) is 12.4 Å². The second kappa shape index (κ2) is 6.43. The molecule has 1 aromatic rings. The zero-order chi connectivity index (χ0) is 15.6. The highest BCUT2D eigenvalue weighted by Crippen LogP contribution is 2.36. The number of ether oxygens (including phenoxy) is 1. The first-order valence-electron chi connectivity index (χ1n) is 8.66. The van der Waals surface area contributed by atoms with E-state index in [-0.39, 0.29) is 5.91 Å². The first-order valence-corrected chi connectivity index (χ1v) is 8.66. The third-order valence-corrected chi connectivity index (χ3v) is 5.33. The quantitative estimate of drug-likeness (QED) is 0.881. The Morgan fingerprint density at radius 3 is 2.87 bits per heavy atom. The molecule has 6 heteroatoms. The molecule has 1 aliphatic carbocycles. The molecule has 4 rings (SSSR count). The van der Waals surface area contributed by atoms with E-state index in [4.69, 9.17) is 4.74 Å². The van der Waals surface area contributed by atoms with Crippen molar-refractivity contribution in [3.05, 3.63) is 18.5 Å². The molecule has 3 aliphatic rings. The van der Waals surface area contributed by atoms with E-state index < -0.39 is 0 Å². The van der Waals surface area contributed by atoms with Gasteiger partial charge in [-0.3, -0.25) is 4.79 Å². The lowest BCUT2D eigenvalue weighted by atomic mass is 9.81. The molecule has 0 aromatic carbocycles. The Labute approximate surface area is 136 Å². The Morgan fingerprint density at radius 2 is 2.09 bits per heavy atom. The van der Waals surface area contributed by atoms with Crippen molar-refractivity contribution in [3.63, 3.8) is 0 Å². The van der Waals surface area contributed by atoms with E-state index in [0.29, 0.717) is 30.8 Å². The number of fused-ring (bicyclic) bond motifs is 1. The van der Waals surface area contributed by atoms with Gasteiger partial charge in [0.05, 0.1) is 13.2 Å². The minimum absolute atomic E-state index is 0.181.